The average molecular weight is 565 g/mol. The Hall–Kier alpha value is -2.62. The van der Waals surface area contributed by atoms with Gasteiger partial charge in [-0.2, -0.15) is 0 Å². The number of nitrogens with one attached hydrogen (secondary N) is 2. The van der Waals surface area contributed by atoms with Gasteiger partial charge in [0.2, 0.25) is 5.91 Å². The first-order valence-corrected chi connectivity index (χ1v) is 13.8. The molecule has 2 N–H and O–H groups in total. The number of carbonyl (C=O) groups excluding carboxylic acids is 2. The van der Waals surface area contributed by atoms with E-state index in [1.54, 1.807) is 23.1 Å². The molecule has 4 heterocycles. The Balaban J connectivity index is 1.43. The molecule has 0 unspecified atom stereocenters. The fraction of sp³-hybridized carbons (Fsp3) is 0.556. The molecule has 2 aliphatic heterocycles. The molecule has 4 rings (SSSR count). The molecule has 9 nitrogen and oxygen atoms in total. The van der Waals surface area contributed by atoms with Crippen LogP contribution in [0.5, 0.6) is 0 Å². The topological polar surface area (TPSA) is 106 Å². The third-order valence-corrected chi connectivity index (χ3v) is 7.18. The Morgan fingerprint density at radius 3 is 2.66 bits per heavy atom. The largest absolute Gasteiger partial charge is 0.444 e. The molecule has 0 radical (unpaired) electrons. The van der Waals surface area contributed by atoms with Gasteiger partial charge in [-0.15, -0.1) is 0 Å². The van der Waals surface area contributed by atoms with Gasteiger partial charge in [0.25, 0.3) is 0 Å². The smallest absolute Gasteiger partial charge is 0.410 e. The molecule has 2 amide bonds. The summed E-state index contributed by atoms with van der Waals surface area (Å²) < 4.78 is 10.9. The zero-order chi connectivity index (χ0) is 27.3. The first-order valence-electron chi connectivity index (χ1n) is 13.0. The van der Waals surface area contributed by atoms with Gasteiger partial charge in [-0.05, 0) is 70.6 Å². The number of halogens is 2. The second-order valence-corrected chi connectivity index (χ2v) is 11.6. The van der Waals surface area contributed by atoms with E-state index in [1.165, 1.54) is 6.20 Å². The van der Waals surface area contributed by atoms with E-state index >= 15 is 0 Å². The van der Waals surface area contributed by atoms with Crippen molar-refractivity contribution in [1.82, 2.24) is 14.9 Å². The number of aromatic nitrogens is 2. The molecule has 11 heteroatoms. The summed E-state index contributed by atoms with van der Waals surface area (Å²) in [6.45, 7) is 8.63. The third-order valence-electron chi connectivity index (χ3n) is 6.57. The molecule has 0 aliphatic carbocycles. The molecule has 0 bridgehead atoms. The predicted octanol–water partition coefficient (Wildman–Crippen LogP) is 5.87. The molecule has 2 aliphatic rings. The molecule has 0 saturated carbocycles. The Morgan fingerprint density at radius 1 is 1.16 bits per heavy atom. The standard InChI is InChI=1S/C27H35Cl2N5O4/c1-27(2,3)38-26(36)34-10-4-5-18(16-34)25(35)33-23-13-19(21(29)15-30-23)22-7-6-20(28)24(32-22)31-14-17-8-11-37-12-9-17/h6-7,13,15,17-18H,4-5,8-12,14,16H2,1-3H3,(H,31,32)(H,30,33,35)/t18-/m1/s1. The minimum absolute atomic E-state index is 0.207. The molecule has 2 saturated heterocycles. The van der Waals surface area contributed by atoms with Crippen LogP contribution in [0.4, 0.5) is 16.4 Å². The summed E-state index contributed by atoms with van der Waals surface area (Å²) in [4.78, 5) is 36.1. The number of hydrogen-bond donors (Lipinski definition) is 2. The second kappa shape index (κ2) is 12.5. The fourth-order valence-electron chi connectivity index (χ4n) is 4.52. The normalized spacial score (nSPS) is 18.7. The van der Waals surface area contributed by atoms with Crippen molar-refractivity contribution in [3.05, 3.63) is 34.4 Å². The Morgan fingerprint density at radius 2 is 1.92 bits per heavy atom. The highest BCUT2D eigenvalue weighted by atomic mass is 35.5. The van der Waals surface area contributed by atoms with Gasteiger partial charge in [-0.25, -0.2) is 14.8 Å². The van der Waals surface area contributed by atoms with E-state index in [0.717, 1.165) is 39.0 Å². The predicted molar refractivity (Wildman–Crippen MR) is 149 cm³/mol. The van der Waals surface area contributed by atoms with Crippen molar-refractivity contribution in [2.45, 2.75) is 52.1 Å². The quantitative estimate of drug-likeness (QED) is 0.452. The molecule has 2 aromatic heterocycles. The van der Waals surface area contributed by atoms with E-state index in [0.29, 0.717) is 58.4 Å². The molecule has 2 aromatic rings. The van der Waals surface area contributed by atoms with E-state index in [-0.39, 0.29) is 11.8 Å². The van der Waals surface area contributed by atoms with Crippen molar-refractivity contribution in [2.75, 3.05) is 43.5 Å². The number of piperidine rings is 1. The second-order valence-electron chi connectivity index (χ2n) is 10.8. The fourth-order valence-corrected chi connectivity index (χ4v) is 4.89. The van der Waals surface area contributed by atoms with Crippen LogP contribution in [0, 0.1) is 11.8 Å². The van der Waals surface area contributed by atoms with Crippen molar-refractivity contribution < 1.29 is 19.1 Å². The van der Waals surface area contributed by atoms with Gasteiger partial charge in [0.15, 0.2) is 0 Å². The maximum Gasteiger partial charge on any atom is 0.410 e. The number of pyridine rings is 2. The van der Waals surface area contributed by atoms with E-state index < -0.39 is 11.7 Å². The van der Waals surface area contributed by atoms with Crippen LogP contribution in [-0.2, 0) is 14.3 Å². The molecule has 206 valence electrons. The van der Waals surface area contributed by atoms with Gasteiger partial charge in [0.05, 0.1) is 21.7 Å². The van der Waals surface area contributed by atoms with Crippen LogP contribution in [0.1, 0.15) is 46.5 Å². The molecule has 1 atom stereocenters. The van der Waals surface area contributed by atoms with Crippen LogP contribution in [0.2, 0.25) is 10.0 Å². The van der Waals surface area contributed by atoms with Crippen molar-refractivity contribution >= 4 is 46.8 Å². The summed E-state index contributed by atoms with van der Waals surface area (Å²) in [6, 6.07) is 5.26. The summed E-state index contributed by atoms with van der Waals surface area (Å²) >= 11 is 12.9. The van der Waals surface area contributed by atoms with Crippen LogP contribution < -0.4 is 10.6 Å². The Labute approximate surface area is 233 Å². The molecule has 38 heavy (non-hydrogen) atoms. The minimum Gasteiger partial charge on any atom is -0.444 e. The van der Waals surface area contributed by atoms with Gasteiger partial charge in [0, 0.05) is 44.6 Å². The maximum absolute atomic E-state index is 13.1. The first-order chi connectivity index (χ1) is 18.1. The highest BCUT2D eigenvalue weighted by Gasteiger charge is 2.31. The number of anilines is 2. The number of carbonyl (C=O) groups is 2. The number of rotatable bonds is 6. The molecular weight excluding hydrogens is 529 g/mol. The maximum atomic E-state index is 13.1. The number of nitrogens with zero attached hydrogens (tertiary/aromatic N) is 3. The third kappa shape index (κ3) is 7.71. The monoisotopic (exact) mass is 563 g/mol. The lowest BCUT2D eigenvalue weighted by Crippen LogP contribution is -2.45. The van der Waals surface area contributed by atoms with Gasteiger partial charge < -0.3 is 25.0 Å². The SMILES string of the molecule is CC(C)(C)OC(=O)N1CCC[C@@H](C(=O)Nc2cc(-c3ccc(Cl)c(NCC4CCOCC4)n3)c(Cl)cn2)C1. The lowest BCUT2D eigenvalue weighted by molar-refractivity contribution is -0.121. The van der Waals surface area contributed by atoms with Crippen LogP contribution in [0.15, 0.2) is 24.4 Å². The average Bonchev–Trinajstić information content (AvgIpc) is 2.89. The zero-order valence-corrected chi connectivity index (χ0v) is 23.6. The highest BCUT2D eigenvalue weighted by molar-refractivity contribution is 6.34. The van der Waals surface area contributed by atoms with Gasteiger partial charge in [-0.3, -0.25) is 4.79 Å². The number of amides is 2. The Bertz CT molecular complexity index is 1150. The van der Waals surface area contributed by atoms with Crippen LogP contribution in [-0.4, -0.2) is 65.3 Å². The lowest BCUT2D eigenvalue weighted by Gasteiger charge is -2.33. The van der Waals surface area contributed by atoms with Crippen molar-refractivity contribution in [1.29, 1.82) is 0 Å². The van der Waals surface area contributed by atoms with E-state index in [1.807, 2.05) is 20.8 Å². The van der Waals surface area contributed by atoms with Crippen LogP contribution in [0.25, 0.3) is 11.3 Å². The highest BCUT2D eigenvalue weighted by Crippen LogP contribution is 2.32. The van der Waals surface area contributed by atoms with Crippen molar-refractivity contribution in [2.24, 2.45) is 11.8 Å². The molecular formula is C27H35Cl2N5O4. The van der Waals surface area contributed by atoms with Gasteiger partial charge in [0.1, 0.15) is 17.2 Å². The van der Waals surface area contributed by atoms with Crippen LogP contribution >= 0.6 is 23.2 Å². The van der Waals surface area contributed by atoms with Gasteiger partial charge in [-0.1, -0.05) is 23.2 Å². The summed E-state index contributed by atoms with van der Waals surface area (Å²) in [5.41, 5.74) is 0.647. The van der Waals surface area contributed by atoms with Gasteiger partial charge >= 0.3 is 6.09 Å². The van der Waals surface area contributed by atoms with Crippen molar-refractivity contribution in [3.8, 4) is 11.3 Å². The summed E-state index contributed by atoms with van der Waals surface area (Å²) in [6.07, 6.45) is 4.48. The lowest BCUT2D eigenvalue weighted by atomic mass is 9.97. The zero-order valence-electron chi connectivity index (χ0n) is 22.1. The van der Waals surface area contributed by atoms with E-state index in [4.69, 9.17) is 37.7 Å². The molecule has 0 aromatic carbocycles. The van der Waals surface area contributed by atoms with E-state index in [2.05, 4.69) is 15.6 Å². The Kier molecular flexibility index (Phi) is 9.33. The van der Waals surface area contributed by atoms with E-state index in [9.17, 15) is 9.59 Å². The number of likely N-dealkylation sites (tertiary alicyclic amines) is 1. The summed E-state index contributed by atoms with van der Waals surface area (Å²) in [7, 11) is 0. The van der Waals surface area contributed by atoms with Crippen molar-refractivity contribution in [3.63, 3.8) is 0 Å². The first kappa shape index (κ1) is 28.4. The van der Waals surface area contributed by atoms with Crippen LogP contribution in [0.3, 0.4) is 0 Å². The number of ether oxygens (including phenoxy) is 2. The summed E-state index contributed by atoms with van der Waals surface area (Å²) in [5, 5.41) is 7.17. The number of hydrogen-bond acceptors (Lipinski definition) is 7. The molecule has 2 fully saturated rings. The minimum atomic E-state index is -0.591. The molecule has 0 spiro atoms. The summed E-state index contributed by atoms with van der Waals surface area (Å²) in [5.74, 6) is 0.868.